The predicted molar refractivity (Wildman–Crippen MR) is 113 cm³/mol. The van der Waals surface area contributed by atoms with Crippen LogP contribution in [0.1, 0.15) is 20.3 Å². The first-order valence-electron chi connectivity index (χ1n) is 9.47. The average molecular weight is 436 g/mol. The molecule has 156 valence electrons. The van der Waals surface area contributed by atoms with Gasteiger partial charge in [-0.05, 0) is 60.4 Å². The van der Waals surface area contributed by atoms with Gasteiger partial charge in [-0.3, -0.25) is 4.79 Å². The first-order valence-corrected chi connectivity index (χ1v) is 11.9. The summed E-state index contributed by atoms with van der Waals surface area (Å²) in [5.74, 6) is 0.479. The lowest BCUT2D eigenvalue weighted by molar-refractivity contribution is -0.645. The highest BCUT2D eigenvalue weighted by Gasteiger charge is 2.31. The first-order chi connectivity index (χ1) is 13.8. The quantitative estimate of drug-likeness (QED) is 0.428. The average Bonchev–Trinajstić information content (AvgIpc) is 2.67. The monoisotopic (exact) mass is 435 g/mol. The number of amides is 1. The zero-order chi connectivity index (χ0) is 21.0. The molecule has 1 aromatic carbocycles. The number of carbonyl (C=O) groups excluding carboxylic acids is 1. The molecule has 29 heavy (non-hydrogen) atoms. The summed E-state index contributed by atoms with van der Waals surface area (Å²) in [5.41, 5.74) is 0.512. The molecule has 1 aliphatic heterocycles. The fourth-order valence-electron chi connectivity index (χ4n) is 3.52. The minimum absolute atomic E-state index is 0.0792. The van der Waals surface area contributed by atoms with Crippen molar-refractivity contribution in [3.8, 4) is 0 Å². The molecule has 1 aromatic heterocycles. The molecule has 2 atom stereocenters. The fourth-order valence-corrected chi connectivity index (χ4v) is 5.92. The number of aromatic nitrogens is 1. The van der Waals surface area contributed by atoms with E-state index in [0.29, 0.717) is 40.4 Å². The highest BCUT2D eigenvalue weighted by atomic mass is 32.2. The van der Waals surface area contributed by atoms with Gasteiger partial charge in [-0.15, -0.1) is 0 Å². The van der Waals surface area contributed by atoms with Gasteiger partial charge in [0.25, 0.3) is 5.03 Å². The highest BCUT2D eigenvalue weighted by Crippen LogP contribution is 2.27. The van der Waals surface area contributed by atoms with Gasteiger partial charge in [0.05, 0.1) is 10.6 Å². The summed E-state index contributed by atoms with van der Waals surface area (Å²) in [6, 6.07) is 11.2. The minimum atomic E-state index is -3.55. The molecule has 1 fully saturated rings. The molecule has 0 saturated carbocycles. The molecule has 2 aromatic rings. The lowest BCUT2D eigenvalue weighted by Crippen LogP contribution is -2.42. The van der Waals surface area contributed by atoms with Crippen molar-refractivity contribution in [2.45, 2.75) is 30.2 Å². The van der Waals surface area contributed by atoms with E-state index in [1.165, 1.54) is 18.3 Å². The van der Waals surface area contributed by atoms with E-state index < -0.39 is 10.0 Å². The van der Waals surface area contributed by atoms with Crippen LogP contribution in [0.4, 0.5) is 5.69 Å². The van der Waals surface area contributed by atoms with Gasteiger partial charge in [0, 0.05) is 30.9 Å². The van der Waals surface area contributed by atoms with E-state index in [1.807, 2.05) is 0 Å². The molecular formula is C20H25N3O4S2. The third kappa shape index (κ3) is 5.49. The standard InChI is InChI=1S/C20H25N3O4S2/c1-15-11-16(2)13-22(12-15)29(26,27)18-8-6-17(7-9-18)21-19(24)14-28-20-5-3-4-10-23(20)25/h3-10,15-16H,11-14H2,1-2H3,(H,21,24)/t15-,16+. The molecule has 1 saturated heterocycles. The van der Waals surface area contributed by atoms with Crippen molar-refractivity contribution in [2.24, 2.45) is 11.8 Å². The molecule has 0 unspecified atom stereocenters. The smallest absolute Gasteiger partial charge is 0.251 e. The zero-order valence-corrected chi connectivity index (χ0v) is 18.1. The van der Waals surface area contributed by atoms with Crippen molar-refractivity contribution in [3.63, 3.8) is 0 Å². The molecule has 2 heterocycles. The second-order valence-electron chi connectivity index (χ2n) is 7.49. The molecule has 0 aliphatic carbocycles. The third-order valence-electron chi connectivity index (χ3n) is 4.75. The van der Waals surface area contributed by atoms with E-state index in [-0.39, 0.29) is 16.6 Å². The number of benzene rings is 1. The Morgan fingerprint density at radius 3 is 2.45 bits per heavy atom. The number of hydrogen-bond acceptors (Lipinski definition) is 5. The van der Waals surface area contributed by atoms with E-state index in [2.05, 4.69) is 19.2 Å². The van der Waals surface area contributed by atoms with Crippen LogP contribution in [0.15, 0.2) is 58.6 Å². The van der Waals surface area contributed by atoms with Crippen LogP contribution in [-0.4, -0.2) is 37.5 Å². The van der Waals surface area contributed by atoms with E-state index in [0.717, 1.165) is 18.2 Å². The molecule has 7 nitrogen and oxygen atoms in total. The number of sulfonamides is 1. The summed E-state index contributed by atoms with van der Waals surface area (Å²) in [7, 11) is -3.55. The number of nitrogens with one attached hydrogen (secondary N) is 1. The van der Waals surface area contributed by atoms with Crippen LogP contribution in [0.2, 0.25) is 0 Å². The lowest BCUT2D eigenvalue weighted by Gasteiger charge is -2.34. The number of piperidine rings is 1. The lowest BCUT2D eigenvalue weighted by atomic mass is 9.94. The Labute approximate surface area is 175 Å². The molecule has 0 spiro atoms. The maximum absolute atomic E-state index is 12.9. The topological polar surface area (TPSA) is 93.4 Å². The number of anilines is 1. The van der Waals surface area contributed by atoms with E-state index in [9.17, 15) is 18.4 Å². The summed E-state index contributed by atoms with van der Waals surface area (Å²) in [5, 5.41) is 14.8. The summed E-state index contributed by atoms with van der Waals surface area (Å²) in [4.78, 5) is 12.4. The van der Waals surface area contributed by atoms with Gasteiger partial charge in [-0.2, -0.15) is 9.04 Å². The minimum Gasteiger partial charge on any atom is -0.618 e. The van der Waals surface area contributed by atoms with Crippen molar-refractivity contribution < 1.29 is 17.9 Å². The SMILES string of the molecule is C[C@@H]1C[C@H](C)CN(S(=O)(=O)c2ccc(NC(=O)CSc3cccc[n+]3[O-])cc2)C1. The van der Waals surface area contributed by atoms with Crippen molar-refractivity contribution in [1.82, 2.24) is 4.31 Å². The number of rotatable bonds is 6. The second-order valence-corrected chi connectivity index (χ2v) is 10.4. The molecular weight excluding hydrogens is 410 g/mol. The van der Waals surface area contributed by atoms with E-state index in [4.69, 9.17) is 0 Å². The first kappa shape index (κ1) is 21.6. The molecule has 3 rings (SSSR count). The normalized spacial score (nSPS) is 20.3. The molecule has 0 radical (unpaired) electrons. The Kier molecular flexibility index (Phi) is 6.81. The van der Waals surface area contributed by atoms with Crippen molar-refractivity contribution in [3.05, 3.63) is 53.9 Å². The van der Waals surface area contributed by atoms with Crippen LogP contribution >= 0.6 is 11.8 Å². The van der Waals surface area contributed by atoms with E-state index >= 15 is 0 Å². The Hall–Kier alpha value is -2.10. The second kappa shape index (κ2) is 9.15. The molecule has 9 heteroatoms. The van der Waals surface area contributed by atoms with Crippen molar-refractivity contribution >= 4 is 33.4 Å². The molecule has 0 bridgehead atoms. The summed E-state index contributed by atoms with van der Waals surface area (Å²) >= 11 is 1.14. The van der Waals surface area contributed by atoms with Crippen LogP contribution in [0.5, 0.6) is 0 Å². The van der Waals surface area contributed by atoms with Gasteiger partial charge in [0.2, 0.25) is 15.9 Å². The molecule has 1 amide bonds. The Morgan fingerprint density at radius 1 is 1.17 bits per heavy atom. The fraction of sp³-hybridized carbons (Fsp3) is 0.400. The van der Waals surface area contributed by atoms with E-state index in [1.54, 1.807) is 34.6 Å². The Balaban J connectivity index is 1.61. The summed E-state index contributed by atoms with van der Waals surface area (Å²) in [6.45, 7) is 5.19. The van der Waals surface area contributed by atoms with Gasteiger partial charge in [0.1, 0.15) is 0 Å². The predicted octanol–water partition coefficient (Wildman–Crippen LogP) is 2.72. The third-order valence-corrected chi connectivity index (χ3v) is 7.62. The van der Waals surface area contributed by atoms with Crippen LogP contribution in [0.25, 0.3) is 0 Å². The Bertz CT molecular complexity index is 954. The Morgan fingerprint density at radius 2 is 1.83 bits per heavy atom. The molecule has 1 aliphatic rings. The van der Waals surface area contributed by atoms with Crippen LogP contribution in [0.3, 0.4) is 0 Å². The van der Waals surface area contributed by atoms with Gasteiger partial charge in [0.15, 0.2) is 6.20 Å². The number of pyridine rings is 1. The number of hydrogen-bond donors (Lipinski definition) is 1. The van der Waals surface area contributed by atoms with Gasteiger partial charge >= 0.3 is 0 Å². The summed E-state index contributed by atoms with van der Waals surface area (Å²) in [6.07, 6.45) is 2.41. The maximum atomic E-state index is 12.9. The summed E-state index contributed by atoms with van der Waals surface area (Å²) < 4.78 is 28.1. The molecule has 1 N–H and O–H groups in total. The van der Waals surface area contributed by atoms with Crippen LogP contribution in [0, 0.1) is 17.0 Å². The highest BCUT2D eigenvalue weighted by molar-refractivity contribution is 7.99. The number of nitrogens with zero attached hydrogens (tertiary/aromatic N) is 2. The van der Waals surface area contributed by atoms with Gasteiger partial charge in [-0.25, -0.2) is 8.42 Å². The van der Waals surface area contributed by atoms with Crippen molar-refractivity contribution in [2.75, 3.05) is 24.2 Å². The van der Waals surface area contributed by atoms with Gasteiger partial charge in [-0.1, -0.05) is 13.8 Å². The number of thioether (sulfide) groups is 1. The van der Waals surface area contributed by atoms with Crippen LogP contribution < -0.4 is 10.0 Å². The number of carbonyl (C=O) groups is 1. The van der Waals surface area contributed by atoms with Crippen LogP contribution in [-0.2, 0) is 14.8 Å². The van der Waals surface area contributed by atoms with Crippen molar-refractivity contribution in [1.29, 1.82) is 0 Å². The largest absolute Gasteiger partial charge is 0.618 e. The van der Waals surface area contributed by atoms with Gasteiger partial charge < -0.3 is 10.5 Å². The zero-order valence-electron chi connectivity index (χ0n) is 16.4. The maximum Gasteiger partial charge on any atom is 0.251 e.